The summed E-state index contributed by atoms with van der Waals surface area (Å²) in [6.45, 7) is 8.10. The van der Waals surface area contributed by atoms with Gasteiger partial charge in [0, 0.05) is 69.2 Å². The average molecular weight is 1110 g/mol. The molecule has 0 radical (unpaired) electrons. The number of alkyl halides is 1. The van der Waals surface area contributed by atoms with E-state index in [0.29, 0.717) is 36.0 Å². The second-order valence-electron chi connectivity index (χ2n) is 18.3. The standard InChI is InChI=1S/C18H17FN4O2.C12H11FN2.C11H17BN2O2.C7H6BrF.C6H8N2O3/c1-23-17(24)9-7-15(22-23)18(25)21-16-8-4-13(11-20-16)10-12-2-5-14(19)6-3-12;13-11-4-1-9(2-5-11)7-10-3-6-12(14)15-8-10;1-10(2)11(3,4)16-12(15-10)8-5-6-9(13)14-7-8;8-5-6-1-3-7(9)4-2-6;1-8-5(9)3-2-4(7-8)6(10)11/h2-6,8,11H,7,9-10H2,1H3,(H,20,21,25);1-6,8H,7H2,(H2,14,15);5-7H,1-4H3,(H2,13,14);1-4H,5H2;2-3H2,1H3,(H,10,11). The van der Waals surface area contributed by atoms with Gasteiger partial charge in [0.05, 0.1) is 11.2 Å². The molecule has 3 aromatic carbocycles. The van der Waals surface area contributed by atoms with Crippen molar-refractivity contribution < 1.29 is 46.8 Å². The minimum atomic E-state index is -1.05. The third-order valence-electron chi connectivity index (χ3n) is 11.9. The van der Waals surface area contributed by atoms with E-state index in [4.69, 9.17) is 25.9 Å². The monoisotopic (exact) mass is 1110 g/mol. The summed E-state index contributed by atoms with van der Waals surface area (Å²) < 4.78 is 49.5. The van der Waals surface area contributed by atoms with Crippen molar-refractivity contribution in [1.29, 1.82) is 0 Å². The normalized spacial score (nSPS) is 15.2. The number of hydrogen-bond donors (Lipinski definition) is 4. The number of carbonyl (C=O) groups is 4. The van der Waals surface area contributed by atoms with E-state index in [1.54, 1.807) is 73.2 Å². The van der Waals surface area contributed by atoms with Crippen molar-refractivity contribution >= 4 is 81.1 Å². The van der Waals surface area contributed by atoms with Crippen molar-refractivity contribution in [2.75, 3.05) is 30.9 Å². The Morgan fingerprint density at radius 1 is 0.605 bits per heavy atom. The Hall–Kier alpha value is -7.82. The zero-order chi connectivity index (χ0) is 55.6. The van der Waals surface area contributed by atoms with Crippen LogP contribution in [0.1, 0.15) is 81.2 Å². The smallest absolute Gasteiger partial charge is 0.477 e. The Labute approximate surface area is 447 Å². The summed E-state index contributed by atoms with van der Waals surface area (Å²) in [6.07, 6.45) is 7.52. The third-order valence-corrected chi connectivity index (χ3v) is 12.5. The first-order valence-corrected chi connectivity index (χ1v) is 24.9. The summed E-state index contributed by atoms with van der Waals surface area (Å²) in [5, 5.41) is 21.7. The van der Waals surface area contributed by atoms with Gasteiger partial charge >= 0.3 is 13.1 Å². The molecule has 0 spiro atoms. The van der Waals surface area contributed by atoms with Crippen molar-refractivity contribution in [3.8, 4) is 0 Å². The van der Waals surface area contributed by atoms with E-state index in [2.05, 4.69) is 46.4 Å². The summed E-state index contributed by atoms with van der Waals surface area (Å²) in [6, 6.07) is 30.0. The van der Waals surface area contributed by atoms with Crippen LogP contribution >= 0.6 is 15.9 Å². The number of benzene rings is 3. The number of carboxylic acids is 1. The van der Waals surface area contributed by atoms with Gasteiger partial charge in [-0.05, 0) is 123 Å². The fourth-order valence-electron chi connectivity index (χ4n) is 6.77. The van der Waals surface area contributed by atoms with Crippen LogP contribution in [0.5, 0.6) is 0 Å². The largest absolute Gasteiger partial charge is 0.496 e. The number of halogens is 4. The van der Waals surface area contributed by atoms with E-state index in [1.165, 1.54) is 55.5 Å². The Balaban J connectivity index is 0.000000184. The number of nitrogen functional groups attached to an aromatic ring is 2. The summed E-state index contributed by atoms with van der Waals surface area (Å²) in [4.78, 5) is 56.9. The highest BCUT2D eigenvalue weighted by molar-refractivity contribution is 9.08. The molecule has 1 saturated heterocycles. The van der Waals surface area contributed by atoms with Crippen LogP contribution in [0.3, 0.4) is 0 Å². The molecule has 3 aliphatic heterocycles. The number of pyridine rings is 3. The van der Waals surface area contributed by atoms with Gasteiger partial charge in [0.2, 0.25) is 11.8 Å². The molecule has 0 atom stereocenters. The van der Waals surface area contributed by atoms with Crippen molar-refractivity contribution in [3.63, 3.8) is 0 Å². The summed E-state index contributed by atoms with van der Waals surface area (Å²) in [7, 11) is 2.61. The van der Waals surface area contributed by atoms with Gasteiger partial charge in [-0.3, -0.25) is 14.4 Å². The lowest BCUT2D eigenvalue weighted by molar-refractivity contribution is -0.132. The van der Waals surface area contributed by atoms with Crippen molar-refractivity contribution in [2.45, 2.75) is 82.8 Å². The maximum atomic E-state index is 12.9. The molecule has 3 aliphatic rings. The van der Waals surface area contributed by atoms with Gasteiger partial charge in [0.1, 0.15) is 46.3 Å². The minimum absolute atomic E-state index is 0.0482. The number of carboxylic acid groups (broad SMARTS) is 1. The zero-order valence-corrected chi connectivity index (χ0v) is 44.4. The molecule has 17 nitrogen and oxygen atoms in total. The van der Waals surface area contributed by atoms with E-state index >= 15 is 0 Å². The molecule has 398 valence electrons. The Kier molecular flexibility index (Phi) is 21.5. The molecule has 0 bridgehead atoms. The molecule has 3 aromatic heterocycles. The predicted octanol–water partition coefficient (Wildman–Crippen LogP) is 8.11. The first-order chi connectivity index (χ1) is 36.0. The average Bonchev–Trinajstić information content (AvgIpc) is 3.62. The van der Waals surface area contributed by atoms with E-state index in [1.807, 2.05) is 45.9 Å². The number of hydrogen-bond acceptors (Lipinski definition) is 13. The Morgan fingerprint density at radius 2 is 1.01 bits per heavy atom. The van der Waals surface area contributed by atoms with Gasteiger partial charge < -0.3 is 31.2 Å². The van der Waals surface area contributed by atoms with E-state index in [0.717, 1.165) is 50.0 Å². The van der Waals surface area contributed by atoms with Crippen molar-refractivity contribution in [3.05, 3.63) is 173 Å². The number of aromatic nitrogens is 3. The number of anilines is 3. The molecule has 6 aromatic rings. The second-order valence-corrected chi connectivity index (χ2v) is 18.9. The fraction of sp³-hybridized carbons (Fsp3) is 0.278. The molecule has 0 saturated carbocycles. The van der Waals surface area contributed by atoms with Crippen LogP contribution in [-0.4, -0.2) is 97.6 Å². The molecule has 3 amide bonds. The third kappa shape index (κ3) is 18.5. The molecule has 22 heteroatoms. The van der Waals surface area contributed by atoms with Gasteiger partial charge in [0.25, 0.3) is 5.91 Å². The van der Waals surface area contributed by atoms with Gasteiger partial charge in [-0.15, -0.1) is 0 Å². The molecule has 6 N–H and O–H groups in total. The van der Waals surface area contributed by atoms with Gasteiger partial charge in [-0.2, -0.15) is 10.2 Å². The van der Waals surface area contributed by atoms with Crippen LogP contribution in [0.25, 0.3) is 0 Å². The number of nitrogens with zero attached hydrogens (tertiary/aromatic N) is 7. The van der Waals surface area contributed by atoms with Gasteiger partial charge in [-0.25, -0.2) is 42.9 Å². The van der Waals surface area contributed by atoms with Crippen molar-refractivity contribution in [2.24, 2.45) is 10.2 Å². The molecule has 76 heavy (non-hydrogen) atoms. The number of carbonyl (C=O) groups excluding carboxylic acids is 3. The number of rotatable bonds is 9. The SMILES string of the molecule is CC1(C)OB(c2ccc(N)nc2)OC1(C)C.CN1N=C(C(=O)Nc2ccc(Cc3ccc(F)cc3)cn2)CCC1=O.CN1N=C(C(=O)O)CCC1=O.Fc1ccc(CBr)cc1.Nc1ccc(Cc2ccc(F)cc2)cn1. The minimum Gasteiger partial charge on any atom is -0.477 e. The van der Waals surface area contributed by atoms with Crippen LogP contribution in [0, 0.1) is 17.5 Å². The molecular weight excluding hydrogens is 1050 g/mol. The van der Waals surface area contributed by atoms with Gasteiger partial charge in [-0.1, -0.05) is 70.5 Å². The first kappa shape index (κ1) is 59.1. The lowest BCUT2D eigenvalue weighted by atomic mass is 9.80. The van der Waals surface area contributed by atoms with Crippen LogP contribution in [-0.2, 0) is 46.7 Å². The number of hydrazone groups is 2. The highest BCUT2D eigenvalue weighted by Crippen LogP contribution is 2.36. The molecule has 1 fully saturated rings. The molecular formula is C54H59BBrF3N10O7. The number of nitrogens with one attached hydrogen (secondary N) is 1. The maximum absolute atomic E-state index is 12.9. The predicted molar refractivity (Wildman–Crippen MR) is 290 cm³/mol. The Morgan fingerprint density at radius 3 is 1.41 bits per heavy atom. The summed E-state index contributed by atoms with van der Waals surface area (Å²) in [5.41, 5.74) is 16.8. The molecule has 0 unspecified atom stereocenters. The second kappa shape index (κ2) is 27.6. The highest BCUT2D eigenvalue weighted by Gasteiger charge is 2.51. The Bertz CT molecular complexity index is 2900. The lowest BCUT2D eigenvalue weighted by Gasteiger charge is -2.32. The topological polar surface area (TPSA) is 241 Å². The quantitative estimate of drug-likeness (QED) is 0.0793. The van der Waals surface area contributed by atoms with Crippen molar-refractivity contribution in [1.82, 2.24) is 25.0 Å². The highest BCUT2D eigenvalue weighted by atomic mass is 79.9. The van der Waals surface area contributed by atoms with E-state index in [-0.39, 0.29) is 78.5 Å². The molecule has 9 rings (SSSR count). The number of amides is 3. The van der Waals surface area contributed by atoms with Gasteiger partial charge in [0.15, 0.2) is 0 Å². The number of aliphatic carboxylic acids is 1. The van der Waals surface area contributed by atoms with Crippen LogP contribution < -0.4 is 22.2 Å². The molecule has 6 heterocycles. The number of nitrogens with two attached hydrogens (primary N) is 2. The van der Waals surface area contributed by atoms with Crippen LogP contribution in [0.15, 0.2) is 138 Å². The molecule has 0 aliphatic carbocycles. The first-order valence-electron chi connectivity index (χ1n) is 23.7. The van der Waals surface area contributed by atoms with E-state index in [9.17, 15) is 32.3 Å². The lowest BCUT2D eigenvalue weighted by Crippen LogP contribution is -2.41. The van der Waals surface area contributed by atoms with Crippen LogP contribution in [0.2, 0.25) is 0 Å². The fourth-order valence-corrected chi connectivity index (χ4v) is 7.15. The maximum Gasteiger partial charge on any atom is 0.496 e. The summed E-state index contributed by atoms with van der Waals surface area (Å²) >= 11 is 3.26. The zero-order valence-electron chi connectivity index (χ0n) is 42.8. The summed E-state index contributed by atoms with van der Waals surface area (Å²) in [5.74, 6) is -0.905. The van der Waals surface area contributed by atoms with Crippen LogP contribution in [0.4, 0.5) is 30.6 Å². The van der Waals surface area contributed by atoms with E-state index < -0.39 is 5.97 Å².